The van der Waals surface area contributed by atoms with E-state index in [1.165, 1.54) is 36.4 Å². The highest BCUT2D eigenvalue weighted by atomic mass is 16.6. The molecule has 0 radical (unpaired) electrons. The minimum atomic E-state index is -0.806. The summed E-state index contributed by atoms with van der Waals surface area (Å²) in [6.07, 6.45) is 3.51. The van der Waals surface area contributed by atoms with Crippen LogP contribution < -0.4 is 4.90 Å². The molecule has 2 amide bonds. The zero-order chi connectivity index (χ0) is 26.9. The van der Waals surface area contributed by atoms with E-state index in [0.29, 0.717) is 22.3 Å². The number of hydrogen-bond donors (Lipinski definition) is 1. The zero-order valence-corrected chi connectivity index (χ0v) is 20.3. The number of phenols is 1. The molecule has 4 atom stereocenters. The Bertz CT molecular complexity index is 1580. The number of ketones is 2. The maximum atomic E-state index is 13.8. The van der Waals surface area contributed by atoms with Gasteiger partial charge >= 0.3 is 0 Å². The van der Waals surface area contributed by atoms with Crippen molar-refractivity contribution in [3.63, 3.8) is 0 Å². The Morgan fingerprint density at radius 3 is 2.50 bits per heavy atom. The number of Topliss-reactive ketones (excluding diaryl/α,β-unsaturated/α-hetero) is 1. The number of amides is 2. The molecule has 0 aromatic heterocycles. The average Bonchev–Trinajstić information content (AvgIpc) is 3.16. The van der Waals surface area contributed by atoms with Crippen molar-refractivity contribution in [3.8, 4) is 5.75 Å². The number of fused-ring (bicyclic) bond motifs is 3. The van der Waals surface area contributed by atoms with Gasteiger partial charge in [-0.1, -0.05) is 35.9 Å². The van der Waals surface area contributed by atoms with Crippen molar-refractivity contribution < 1.29 is 29.2 Å². The van der Waals surface area contributed by atoms with Gasteiger partial charge in [-0.05, 0) is 43.9 Å². The van der Waals surface area contributed by atoms with E-state index in [1.807, 2.05) is 6.08 Å². The van der Waals surface area contributed by atoms with Crippen molar-refractivity contribution in [2.45, 2.75) is 25.7 Å². The number of para-hydroxylation sites is 1. The third-order valence-electron chi connectivity index (χ3n) is 8.11. The van der Waals surface area contributed by atoms with Crippen LogP contribution in [0.1, 0.15) is 31.2 Å². The highest BCUT2D eigenvalue weighted by Gasteiger charge is 2.56. The lowest BCUT2D eigenvalue weighted by molar-refractivity contribution is -0.384. The van der Waals surface area contributed by atoms with E-state index in [1.54, 1.807) is 25.1 Å². The van der Waals surface area contributed by atoms with E-state index < -0.39 is 40.4 Å². The quantitative estimate of drug-likeness (QED) is 0.217. The molecule has 6 rings (SSSR count). The van der Waals surface area contributed by atoms with Crippen molar-refractivity contribution in [2.24, 2.45) is 17.8 Å². The second-order valence-electron chi connectivity index (χ2n) is 10.1. The second kappa shape index (κ2) is 8.44. The summed E-state index contributed by atoms with van der Waals surface area (Å²) in [5, 5.41) is 22.1. The average molecular weight is 511 g/mol. The number of non-ortho nitro benzene ring substituents is 1. The predicted octanol–water partition coefficient (Wildman–Crippen LogP) is 3.93. The van der Waals surface area contributed by atoms with Gasteiger partial charge in [-0.2, -0.15) is 0 Å². The molecule has 0 bridgehead atoms. The Labute approximate surface area is 216 Å². The number of rotatable bonds is 3. The molecule has 0 spiro atoms. The molecular weight excluding hydrogens is 488 g/mol. The lowest BCUT2D eigenvalue weighted by Crippen LogP contribution is -2.39. The van der Waals surface area contributed by atoms with Crippen molar-refractivity contribution >= 4 is 34.8 Å². The maximum Gasteiger partial charge on any atom is 0.271 e. The Balaban J connectivity index is 1.48. The molecule has 1 fully saturated rings. The van der Waals surface area contributed by atoms with E-state index in [9.17, 15) is 34.4 Å². The zero-order valence-electron chi connectivity index (χ0n) is 20.3. The molecule has 9 heteroatoms. The lowest BCUT2D eigenvalue weighted by Gasteiger charge is -2.42. The minimum absolute atomic E-state index is 0.0347. The smallest absolute Gasteiger partial charge is 0.271 e. The molecule has 190 valence electrons. The Morgan fingerprint density at radius 1 is 1.00 bits per heavy atom. The molecule has 0 unspecified atom stereocenters. The van der Waals surface area contributed by atoms with Crippen LogP contribution in [0.15, 0.2) is 83.0 Å². The molecular formula is C29H22N2O7. The van der Waals surface area contributed by atoms with Gasteiger partial charge in [0.15, 0.2) is 11.6 Å². The van der Waals surface area contributed by atoms with E-state index in [4.69, 9.17) is 0 Å². The van der Waals surface area contributed by atoms with Crippen LogP contribution in [0.25, 0.3) is 0 Å². The minimum Gasteiger partial charge on any atom is -0.508 e. The van der Waals surface area contributed by atoms with Gasteiger partial charge in [0.1, 0.15) is 5.75 Å². The van der Waals surface area contributed by atoms with Gasteiger partial charge in [-0.3, -0.25) is 29.3 Å². The van der Waals surface area contributed by atoms with Crippen LogP contribution in [-0.4, -0.2) is 33.4 Å². The first-order valence-electron chi connectivity index (χ1n) is 12.3. The van der Waals surface area contributed by atoms with Gasteiger partial charge in [-0.25, -0.2) is 4.90 Å². The second-order valence-corrected chi connectivity index (χ2v) is 10.1. The number of nitro groups is 1. The van der Waals surface area contributed by atoms with E-state index in [2.05, 4.69) is 0 Å². The van der Waals surface area contributed by atoms with Gasteiger partial charge in [0.05, 0.1) is 22.4 Å². The van der Waals surface area contributed by atoms with Crippen molar-refractivity contribution in [3.05, 3.63) is 98.7 Å². The number of benzene rings is 2. The molecule has 9 nitrogen and oxygen atoms in total. The summed E-state index contributed by atoms with van der Waals surface area (Å²) in [4.78, 5) is 65.6. The fourth-order valence-electron chi connectivity index (χ4n) is 6.45. The van der Waals surface area contributed by atoms with Gasteiger partial charge < -0.3 is 5.11 Å². The normalized spacial score (nSPS) is 26.5. The molecule has 0 saturated carbocycles. The van der Waals surface area contributed by atoms with Crippen molar-refractivity contribution in [2.75, 3.05) is 4.90 Å². The summed E-state index contributed by atoms with van der Waals surface area (Å²) in [5.74, 6) is -4.36. The Morgan fingerprint density at radius 2 is 1.76 bits per heavy atom. The molecule has 4 aliphatic rings. The molecule has 1 saturated heterocycles. The van der Waals surface area contributed by atoms with E-state index >= 15 is 0 Å². The van der Waals surface area contributed by atoms with Crippen molar-refractivity contribution in [1.29, 1.82) is 0 Å². The first-order valence-corrected chi connectivity index (χ1v) is 12.3. The van der Waals surface area contributed by atoms with Gasteiger partial charge in [0.25, 0.3) is 5.69 Å². The largest absolute Gasteiger partial charge is 0.508 e. The highest BCUT2D eigenvalue weighted by molar-refractivity contribution is 6.25. The predicted molar refractivity (Wildman–Crippen MR) is 135 cm³/mol. The molecule has 1 N–H and O–H groups in total. The SMILES string of the molecule is CC1=CC(=O)C2=C(C1=O)[C@@H](c1ccccc1O)C1=CC[C@@H]3C(=O)N(c4cccc([N+](=O)[O-])c4)C(=O)[C@@H]3[C@@H]1C2. The third kappa shape index (κ3) is 3.31. The lowest BCUT2D eigenvalue weighted by atomic mass is 9.59. The number of nitrogens with zero attached hydrogens (tertiary/aromatic N) is 2. The summed E-state index contributed by atoms with van der Waals surface area (Å²) in [7, 11) is 0. The first-order chi connectivity index (χ1) is 18.2. The van der Waals surface area contributed by atoms with Crippen LogP contribution in [0.3, 0.4) is 0 Å². The topological polar surface area (TPSA) is 135 Å². The molecule has 3 aliphatic carbocycles. The number of anilines is 1. The number of phenolic OH excluding ortho intramolecular Hbond substituents is 1. The molecule has 38 heavy (non-hydrogen) atoms. The molecule has 1 heterocycles. The monoisotopic (exact) mass is 510 g/mol. The standard InChI is InChI=1S/C29H22N2O7/c1-14-11-23(33)21-13-20-17(24(26(21)27(14)34)18-7-2-3-8-22(18)32)9-10-19-25(20)29(36)30(28(19)35)15-5-4-6-16(12-15)31(37)38/h2-9,11-12,19-20,24-25,32H,10,13H2,1H3/t19-,20+,24+,25-/m0/s1. The van der Waals surface area contributed by atoms with Gasteiger partial charge in [0.2, 0.25) is 11.8 Å². The molecule has 2 aromatic rings. The number of aromatic hydroxyl groups is 1. The number of carbonyl (C=O) groups is 4. The fourth-order valence-corrected chi connectivity index (χ4v) is 6.45. The van der Waals surface area contributed by atoms with Gasteiger partial charge in [0, 0.05) is 40.3 Å². The summed E-state index contributed by atoms with van der Waals surface area (Å²) in [5.41, 5.74) is 1.99. The summed E-state index contributed by atoms with van der Waals surface area (Å²) in [6.45, 7) is 1.58. The fraction of sp³-hybridized carbons (Fsp3) is 0.241. The highest BCUT2D eigenvalue weighted by Crippen LogP contribution is 2.56. The third-order valence-corrected chi connectivity index (χ3v) is 8.11. The number of carbonyl (C=O) groups excluding carboxylic acids is 4. The summed E-state index contributed by atoms with van der Waals surface area (Å²) >= 11 is 0. The number of allylic oxidation sites excluding steroid dienone is 6. The number of imide groups is 1. The molecule has 1 aliphatic heterocycles. The van der Waals surface area contributed by atoms with E-state index in [0.717, 1.165) is 10.5 Å². The molecule has 2 aromatic carbocycles. The maximum absolute atomic E-state index is 13.8. The van der Waals surface area contributed by atoms with Crippen LogP contribution in [0.4, 0.5) is 11.4 Å². The number of hydrogen-bond acceptors (Lipinski definition) is 7. The van der Waals surface area contributed by atoms with Crippen LogP contribution in [0.2, 0.25) is 0 Å². The Kier molecular flexibility index (Phi) is 5.27. The summed E-state index contributed by atoms with van der Waals surface area (Å²) in [6, 6.07) is 12.0. The van der Waals surface area contributed by atoms with E-state index in [-0.39, 0.29) is 41.5 Å². The van der Waals surface area contributed by atoms with Crippen LogP contribution in [-0.2, 0) is 19.2 Å². The van der Waals surface area contributed by atoms with Crippen LogP contribution in [0.5, 0.6) is 5.75 Å². The van der Waals surface area contributed by atoms with Crippen molar-refractivity contribution in [1.82, 2.24) is 0 Å². The van der Waals surface area contributed by atoms with Crippen LogP contribution in [0, 0.1) is 27.9 Å². The van der Waals surface area contributed by atoms with Gasteiger partial charge in [-0.15, -0.1) is 0 Å². The first kappa shape index (κ1) is 23.7. The number of nitro benzene ring substituents is 1. The van der Waals surface area contributed by atoms with Crippen LogP contribution >= 0.6 is 0 Å². The summed E-state index contributed by atoms with van der Waals surface area (Å²) < 4.78 is 0. The Hall–Kier alpha value is -4.66.